The first-order valence-electron chi connectivity index (χ1n) is 8.41. The van der Waals surface area contributed by atoms with Crippen molar-refractivity contribution >= 4 is 11.6 Å². The minimum absolute atomic E-state index is 0.0526. The van der Waals surface area contributed by atoms with Gasteiger partial charge in [0.05, 0.1) is 19.9 Å². The van der Waals surface area contributed by atoms with Gasteiger partial charge in [0.25, 0.3) is 0 Å². The number of ether oxygens (including phenoxy) is 2. The highest BCUT2D eigenvalue weighted by molar-refractivity contribution is 5.92. The summed E-state index contributed by atoms with van der Waals surface area (Å²) < 4.78 is 10.5. The Bertz CT molecular complexity index is 674. The fraction of sp³-hybridized carbons (Fsp3) is 0.350. The normalized spacial score (nSPS) is 11.6. The van der Waals surface area contributed by atoms with Gasteiger partial charge in [0.2, 0.25) is 5.91 Å². The van der Waals surface area contributed by atoms with Crippen molar-refractivity contribution in [2.45, 2.75) is 25.8 Å². The van der Waals surface area contributed by atoms with Crippen LogP contribution >= 0.6 is 0 Å². The van der Waals surface area contributed by atoms with Crippen LogP contribution in [0.15, 0.2) is 48.5 Å². The fourth-order valence-corrected chi connectivity index (χ4v) is 2.56. The standard InChI is InChI=1S/C20H26N2O3/c1-15(21-12-11-16-7-5-4-6-8-16)13-20(23)22-18-10-9-17(24-2)14-19(18)25-3/h4-10,14-15,21H,11-13H2,1-3H3,(H,22,23). The molecule has 0 aromatic heterocycles. The number of anilines is 1. The van der Waals surface area contributed by atoms with Crippen LogP contribution in [-0.2, 0) is 11.2 Å². The van der Waals surface area contributed by atoms with Crippen molar-refractivity contribution in [1.29, 1.82) is 0 Å². The van der Waals surface area contributed by atoms with Gasteiger partial charge in [-0.05, 0) is 37.6 Å². The van der Waals surface area contributed by atoms with Crippen LogP contribution in [0, 0.1) is 0 Å². The van der Waals surface area contributed by atoms with Gasteiger partial charge >= 0.3 is 0 Å². The molecule has 2 rings (SSSR count). The summed E-state index contributed by atoms with van der Waals surface area (Å²) in [7, 11) is 3.16. The van der Waals surface area contributed by atoms with E-state index in [0.29, 0.717) is 23.6 Å². The molecule has 0 aliphatic heterocycles. The molecule has 0 bridgehead atoms. The number of hydrogen-bond acceptors (Lipinski definition) is 4. The molecule has 0 radical (unpaired) electrons. The van der Waals surface area contributed by atoms with E-state index in [0.717, 1.165) is 13.0 Å². The summed E-state index contributed by atoms with van der Waals surface area (Å²) >= 11 is 0. The number of methoxy groups -OCH3 is 2. The predicted molar refractivity (Wildman–Crippen MR) is 100 cm³/mol. The first kappa shape index (κ1) is 18.8. The average molecular weight is 342 g/mol. The Kier molecular flexibility index (Phi) is 7.29. The van der Waals surface area contributed by atoms with E-state index < -0.39 is 0 Å². The lowest BCUT2D eigenvalue weighted by Crippen LogP contribution is -2.32. The van der Waals surface area contributed by atoms with Crippen molar-refractivity contribution in [2.75, 3.05) is 26.1 Å². The molecule has 25 heavy (non-hydrogen) atoms. The Morgan fingerprint density at radius 1 is 1.08 bits per heavy atom. The number of benzene rings is 2. The van der Waals surface area contributed by atoms with Crippen LogP contribution in [0.2, 0.25) is 0 Å². The van der Waals surface area contributed by atoms with E-state index in [1.54, 1.807) is 32.4 Å². The second kappa shape index (κ2) is 9.69. The van der Waals surface area contributed by atoms with Crippen LogP contribution in [0.5, 0.6) is 11.5 Å². The Morgan fingerprint density at radius 2 is 1.84 bits per heavy atom. The van der Waals surface area contributed by atoms with Gasteiger partial charge in [-0.2, -0.15) is 0 Å². The number of nitrogens with one attached hydrogen (secondary N) is 2. The molecule has 134 valence electrons. The van der Waals surface area contributed by atoms with Crippen molar-refractivity contribution in [3.05, 3.63) is 54.1 Å². The van der Waals surface area contributed by atoms with Crippen molar-refractivity contribution in [2.24, 2.45) is 0 Å². The first-order chi connectivity index (χ1) is 12.1. The highest BCUT2D eigenvalue weighted by atomic mass is 16.5. The molecule has 5 heteroatoms. The van der Waals surface area contributed by atoms with E-state index >= 15 is 0 Å². The largest absolute Gasteiger partial charge is 0.497 e. The van der Waals surface area contributed by atoms with Crippen LogP contribution in [0.4, 0.5) is 5.69 Å². The molecule has 2 aromatic carbocycles. The zero-order chi connectivity index (χ0) is 18.1. The molecular formula is C20H26N2O3. The topological polar surface area (TPSA) is 59.6 Å². The molecule has 0 heterocycles. The Balaban J connectivity index is 1.79. The Hall–Kier alpha value is -2.53. The molecule has 0 aliphatic carbocycles. The van der Waals surface area contributed by atoms with Gasteiger partial charge in [0.15, 0.2) is 0 Å². The molecule has 1 unspecified atom stereocenters. The fourth-order valence-electron chi connectivity index (χ4n) is 2.56. The summed E-state index contributed by atoms with van der Waals surface area (Å²) in [5.41, 5.74) is 1.93. The molecule has 2 aromatic rings. The van der Waals surface area contributed by atoms with Gasteiger partial charge in [-0.3, -0.25) is 4.79 Å². The average Bonchev–Trinajstić information content (AvgIpc) is 2.62. The van der Waals surface area contributed by atoms with Crippen LogP contribution in [0.3, 0.4) is 0 Å². The van der Waals surface area contributed by atoms with E-state index in [9.17, 15) is 4.79 Å². The Morgan fingerprint density at radius 3 is 2.52 bits per heavy atom. The first-order valence-corrected chi connectivity index (χ1v) is 8.41. The minimum atomic E-state index is -0.0526. The van der Waals surface area contributed by atoms with Crippen LogP contribution in [-0.4, -0.2) is 32.7 Å². The summed E-state index contributed by atoms with van der Waals surface area (Å²) in [5, 5.41) is 6.27. The quantitative estimate of drug-likeness (QED) is 0.734. The van der Waals surface area contributed by atoms with Gasteiger partial charge in [-0.25, -0.2) is 0 Å². The molecule has 1 atom stereocenters. The van der Waals surface area contributed by atoms with Crippen LogP contribution in [0.1, 0.15) is 18.9 Å². The zero-order valence-corrected chi connectivity index (χ0v) is 15.0. The maximum absolute atomic E-state index is 12.2. The number of amides is 1. The molecule has 0 saturated carbocycles. The van der Waals surface area contributed by atoms with Crippen LogP contribution < -0.4 is 20.1 Å². The summed E-state index contributed by atoms with van der Waals surface area (Å²) in [5.74, 6) is 1.21. The Labute approximate surface area is 149 Å². The van der Waals surface area contributed by atoms with Crippen molar-refractivity contribution < 1.29 is 14.3 Å². The summed E-state index contributed by atoms with van der Waals surface area (Å²) in [6.07, 6.45) is 1.34. The zero-order valence-electron chi connectivity index (χ0n) is 15.0. The summed E-state index contributed by atoms with van der Waals surface area (Å²) in [6.45, 7) is 2.85. The second-order valence-corrected chi connectivity index (χ2v) is 5.91. The van der Waals surface area contributed by atoms with E-state index in [2.05, 4.69) is 22.8 Å². The van der Waals surface area contributed by atoms with Gasteiger partial charge < -0.3 is 20.1 Å². The van der Waals surface area contributed by atoms with E-state index in [4.69, 9.17) is 9.47 Å². The summed E-state index contributed by atoms with van der Waals surface area (Å²) in [4.78, 5) is 12.2. The molecule has 0 aliphatic rings. The second-order valence-electron chi connectivity index (χ2n) is 5.91. The number of carbonyl (C=O) groups excluding carboxylic acids is 1. The van der Waals surface area contributed by atoms with E-state index in [1.807, 2.05) is 25.1 Å². The smallest absolute Gasteiger partial charge is 0.226 e. The third-order valence-corrected chi connectivity index (χ3v) is 3.92. The number of carbonyl (C=O) groups is 1. The van der Waals surface area contributed by atoms with Crippen LogP contribution in [0.25, 0.3) is 0 Å². The highest BCUT2D eigenvalue weighted by Crippen LogP contribution is 2.29. The lowest BCUT2D eigenvalue weighted by Gasteiger charge is -2.15. The lowest BCUT2D eigenvalue weighted by molar-refractivity contribution is -0.116. The molecule has 2 N–H and O–H groups in total. The van der Waals surface area contributed by atoms with Crippen molar-refractivity contribution in [3.8, 4) is 11.5 Å². The maximum Gasteiger partial charge on any atom is 0.226 e. The third kappa shape index (κ3) is 6.12. The molecular weight excluding hydrogens is 316 g/mol. The molecule has 0 saturated heterocycles. The van der Waals surface area contributed by atoms with Gasteiger partial charge in [0.1, 0.15) is 11.5 Å². The van der Waals surface area contributed by atoms with Crippen molar-refractivity contribution in [3.63, 3.8) is 0 Å². The third-order valence-electron chi connectivity index (χ3n) is 3.92. The number of rotatable bonds is 9. The van der Waals surface area contributed by atoms with Gasteiger partial charge in [-0.1, -0.05) is 30.3 Å². The monoisotopic (exact) mass is 342 g/mol. The SMILES string of the molecule is COc1ccc(NC(=O)CC(C)NCCc2ccccc2)c(OC)c1. The van der Waals surface area contributed by atoms with E-state index in [-0.39, 0.29) is 11.9 Å². The molecule has 1 amide bonds. The lowest BCUT2D eigenvalue weighted by atomic mass is 10.1. The highest BCUT2D eigenvalue weighted by Gasteiger charge is 2.12. The maximum atomic E-state index is 12.2. The van der Waals surface area contributed by atoms with Gasteiger partial charge in [0, 0.05) is 18.5 Å². The molecule has 5 nitrogen and oxygen atoms in total. The summed E-state index contributed by atoms with van der Waals surface area (Å²) in [6, 6.07) is 15.7. The van der Waals surface area contributed by atoms with E-state index in [1.165, 1.54) is 5.56 Å². The number of hydrogen-bond donors (Lipinski definition) is 2. The van der Waals surface area contributed by atoms with Gasteiger partial charge in [-0.15, -0.1) is 0 Å². The predicted octanol–water partition coefficient (Wildman–Crippen LogP) is 3.25. The molecule has 0 spiro atoms. The molecule has 0 fully saturated rings. The van der Waals surface area contributed by atoms with Crippen molar-refractivity contribution in [1.82, 2.24) is 5.32 Å². The minimum Gasteiger partial charge on any atom is -0.497 e.